The van der Waals surface area contributed by atoms with Crippen molar-refractivity contribution in [1.82, 2.24) is 0 Å². The predicted octanol–water partition coefficient (Wildman–Crippen LogP) is 6.12. The topological polar surface area (TPSA) is 116 Å². The highest BCUT2D eigenvalue weighted by Gasteiger charge is 2.23. The number of carbonyl (C=O) groups excluding carboxylic acids is 2. The lowest BCUT2D eigenvalue weighted by Crippen LogP contribution is -2.19. The van der Waals surface area contributed by atoms with Gasteiger partial charge in [-0.3, -0.25) is 9.59 Å². The van der Waals surface area contributed by atoms with Gasteiger partial charge >= 0.3 is 5.97 Å². The van der Waals surface area contributed by atoms with E-state index in [9.17, 15) is 24.6 Å². The molecule has 0 fully saturated rings. The monoisotopic (exact) mass is 512 g/mol. The minimum absolute atomic E-state index is 0.208. The number of hydrogen-bond acceptors (Lipinski definition) is 5. The molecule has 37 heavy (non-hydrogen) atoms. The third-order valence-electron chi connectivity index (χ3n) is 5.48. The molecule has 0 spiro atoms. The molecule has 4 aromatic rings. The van der Waals surface area contributed by atoms with Crippen LogP contribution < -0.4 is 10.6 Å². The van der Waals surface area contributed by atoms with Gasteiger partial charge in [0.25, 0.3) is 5.91 Å². The number of phenols is 1. The van der Waals surface area contributed by atoms with Crippen LogP contribution in [0, 0.1) is 6.92 Å². The van der Waals surface area contributed by atoms with E-state index in [1.54, 1.807) is 18.2 Å². The van der Waals surface area contributed by atoms with Gasteiger partial charge in [-0.05, 0) is 67.1 Å². The molecule has 0 aliphatic carbocycles. The molecule has 4 aromatic carbocycles. The number of thioether (sulfide) groups is 1. The summed E-state index contributed by atoms with van der Waals surface area (Å²) in [5.41, 5.74) is 2.91. The van der Waals surface area contributed by atoms with Crippen LogP contribution in [0.3, 0.4) is 0 Å². The second-order valence-corrected chi connectivity index (χ2v) is 9.46. The molecule has 0 heterocycles. The van der Waals surface area contributed by atoms with E-state index in [-0.39, 0.29) is 28.8 Å². The lowest BCUT2D eigenvalue weighted by Gasteiger charge is -2.18. The summed E-state index contributed by atoms with van der Waals surface area (Å²) >= 11 is 1.32. The molecule has 0 bridgehead atoms. The molecule has 4 rings (SSSR count). The van der Waals surface area contributed by atoms with Crippen LogP contribution in [0.1, 0.15) is 37.1 Å². The fourth-order valence-corrected chi connectivity index (χ4v) is 4.66. The first-order valence-corrected chi connectivity index (χ1v) is 12.2. The van der Waals surface area contributed by atoms with Gasteiger partial charge in [0.15, 0.2) is 0 Å². The molecule has 0 aliphatic rings. The number of nitrogens with one attached hydrogen (secondary N) is 2. The van der Waals surface area contributed by atoms with Crippen LogP contribution in [0.25, 0.3) is 0 Å². The first-order chi connectivity index (χ1) is 17.8. The SMILES string of the molecule is Cc1cccc(C(=O)Nc2ccc(SC(C(=O)Nc3ccc(O)c(C(=O)O)c3)c3ccccc3)cc2)c1. The average molecular weight is 513 g/mol. The van der Waals surface area contributed by atoms with Crippen LogP contribution in [0.4, 0.5) is 11.4 Å². The normalized spacial score (nSPS) is 11.4. The third kappa shape index (κ3) is 6.56. The Labute approximate surface area is 218 Å². The number of carboxylic acid groups (broad SMARTS) is 1. The van der Waals surface area contributed by atoms with Crippen LogP contribution in [0.2, 0.25) is 0 Å². The summed E-state index contributed by atoms with van der Waals surface area (Å²) < 4.78 is 0. The lowest BCUT2D eigenvalue weighted by atomic mass is 10.1. The van der Waals surface area contributed by atoms with Crippen molar-refractivity contribution in [1.29, 1.82) is 0 Å². The molecule has 2 amide bonds. The van der Waals surface area contributed by atoms with Crippen molar-refractivity contribution in [3.8, 4) is 5.75 Å². The van der Waals surface area contributed by atoms with Gasteiger partial charge in [0.2, 0.25) is 5.91 Å². The van der Waals surface area contributed by atoms with Crippen LogP contribution in [-0.4, -0.2) is 28.0 Å². The Morgan fingerprint density at radius 2 is 1.49 bits per heavy atom. The van der Waals surface area contributed by atoms with Crippen LogP contribution in [0.15, 0.2) is 102 Å². The van der Waals surface area contributed by atoms with Gasteiger partial charge in [-0.15, -0.1) is 11.8 Å². The molecule has 0 saturated heterocycles. The summed E-state index contributed by atoms with van der Waals surface area (Å²) in [5, 5.41) is 24.0. The molecule has 0 aliphatic heterocycles. The van der Waals surface area contributed by atoms with Gasteiger partial charge in [0, 0.05) is 21.8 Å². The average Bonchev–Trinajstić information content (AvgIpc) is 2.89. The Morgan fingerprint density at radius 1 is 0.784 bits per heavy atom. The van der Waals surface area contributed by atoms with Crippen molar-refractivity contribution in [2.75, 3.05) is 10.6 Å². The summed E-state index contributed by atoms with van der Waals surface area (Å²) in [5.74, 6) is -2.23. The number of carbonyl (C=O) groups is 3. The molecule has 4 N–H and O–H groups in total. The molecule has 186 valence electrons. The van der Waals surface area contributed by atoms with Crippen molar-refractivity contribution < 1.29 is 24.6 Å². The highest BCUT2D eigenvalue weighted by Crippen LogP contribution is 2.37. The Hall–Kier alpha value is -4.56. The molecule has 0 radical (unpaired) electrons. The molecule has 0 saturated carbocycles. The zero-order chi connectivity index (χ0) is 26.4. The maximum absolute atomic E-state index is 13.3. The fourth-order valence-electron chi connectivity index (χ4n) is 3.64. The third-order valence-corrected chi connectivity index (χ3v) is 6.75. The van der Waals surface area contributed by atoms with Gasteiger partial charge in [-0.1, -0.05) is 48.0 Å². The minimum Gasteiger partial charge on any atom is -0.507 e. The Kier molecular flexibility index (Phi) is 7.90. The number of aryl methyl sites for hydroxylation is 1. The van der Waals surface area contributed by atoms with Crippen LogP contribution in [-0.2, 0) is 4.79 Å². The van der Waals surface area contributed by atoms with E-state index < -0.39 is 11.2 Å². The van der Waals surface area contributed by atoms with Crippen molar-refractivity contribution in [2.24, 2.45) is 0 Å². The highest BCUT2D eigenvalue weighted by molar-refractivity contribution is 8.00. The molecule has 7 nitrogen and oxygen atoms in total. The van der Waals surface area contributed by atoms with Crippen molar-refractivity contribution in [3.05, 3.63) is 119 Å². The fraction of sp³-hybridized carbons (Fsp3) is 0.0690. The zero-order valence-corrected chi connectivity index (χ0v) is 20.7. The molecule has 1 unspecified atom stereocenters. The van der Waals surface area contributed by atoms with Crippen molar-refractivity contribution >= 4 is 40.9 Å². The first kappa shape index (κ1) is 25.5. The van der Waals surface area contributed by atoms with E-state index in [4.69, 9.17) is 0 Å². The molecule has 0 aromatic heterocycles. The number of benzene rings is 4. The maximum Gasteiger partial charge on any atom is 0.339 e. The summed E-state index contributed by atoms with van der Waals surface area (Å²) in [6, 6.07) is 27.6. The Morgan fingerprint density at radius 3 is 2.16 bits per heavy atom. The smallest absolute Gasteiger partial charge is 0.339 e. The lowest BCUT2D eigenvalue weighted by molar-refractivity contribution is -0.115. The van der Waals surface area contributed by atoms with E-state index in [0.717, 1.165) is 16.0 Å². The van der Waals surface area contributed by atoms with E-state index in [0.29, 0.717) is 11.3 Å². The quantitative estimate of drug-likeness (QED) is 0.167. The second kappa shape index (κ2) is 11.5. The first-order valence-electron chi connectivity index (χ1n) is 11.4. The summed E-state index contributed by atoms with van der Waals surface area (Å²) in [7, 11) is 0. The van der Waals surface area contributed by atoms with E-state index in [2.05, 4.69) is 10.6 Å². The Balaban J connectivity index is 1.51. The minimum atomic E-state index is -1.29. The van der Waals surface area contributed by atoms with Crippen LogP contribution in [0.5, 0.6) is 5.75 Å². The molecule has 8 heteroatoms. The van der Waals surface area contributed by atoms with E-state index in [1.807, 2.05) is 67.6 Å². The van der Waals surface area contributed by atoms with Gasteiger partial charge in [0.05, 0.1) is 0 Å². The van der Waals surface area contributed by atoms with E-state index in [1.165, 1.54) is 30.0 Å². The van der Waals surface area contributed by atoms with Gasteiger partial charge < -0.3 is 20.8 Å². The number of anilines is 2. The van der Waals surface area contributed by atoms with Gasteiger partial charge in [-0.25, -0.2) is 4.79 Å². The van der Waals surface area contributed by atoms with Crippen molar-refractivity contribution in [3.63, 3.8) is 0 Å². The second-order valence-electron chi connectivity index (χ2n) is 8.28. The summed E-state index contributed by atoms with van der Waals surface area (Å²) in [4.78, 5) is 38.0. The number of rotatable bonds is 8. The highest BCUT2D eigenvalue weighted by atomic mass is 32.2. The van der Waals surface area contributed by atoms with Crippen molar-refractivity contribution in [2.45, 2.75) is 17.1 Å². The molecular formula is C29H24N2O5S. The number of hydrogen-bond donors (Lipinski definition) is 4. The summed E-state index contributed by atoms with van der Waals surface area (Å²) in [6.07, 6.45) is 0. The van der Waals surface area contributed by atoms with Gasteiger partial charge in [-0.2, -0.15) is 0 Å². The van der Waals surface area contributed by atoms with E-state index >= 15 is 0 Å². The number of amides is 2. The standard InChI is InChI=1S/C29H24N2O5S/c1-18-6-5-9-20(16-18)27(33)30-21-10-13-23(14-11-21)37-26(19-7-3-2-4-8-19)28(34)31-22-12-15-25(32)24(17-22)29(35)36/h2-17,26,32H,1H3,(H,30,33)(H,31,34)(H,35,36). The maximum atomic E-state index is 13.3. The largest absolute Gasteiger partial charge is 0.507 e. The molecule has 1 atom stereocenters. The van der Waals surface area contributed by atoms with Gasteiger partial charge in [0.1, 0.15) is 16.6 Å². The number of carboxylic acids is 1. The summed E-state index contributed by atoms with van der Waals surface area (Å²) in [6.45, 7) is 1.93. The number of aromatic hydroxyl groups is 1. The number of aromatic carboxylic acids is 1. The Bertz CT molecular complexity index is 1440. The predicted molar refractivity (Wildman–Crippen MR) is 144 cm³/mol. The zero-order valence-electron chi connectivity index (χ0n) is 19.8. The molecular weight excluding hydrogens is 488 g/mol. The van der Waals surface area contributed by atoms with Crippen LogP contribution >= 0.6 is 11.8 Å².